The van der Waals surface area contributed by atoms with Crippen molar-refractivity contribution in [2.45, 2.75) is 58.5 Å². The monoisotopic (exact) mass is 284 g/mol. The van der Waals surface area contributed by atoms with Crippen LogP contribution in [0.25, 0.3) is 0 Å². The van der Waals surface area contributed by atoms with Gasteiger partial charge in [-0.1, -0.05) is 20.8 Å². The molecule has 0 unspecified atom stereocenters. The molecule has 0 aliphatic rings. The summed E-state index contributed by atoms with van der Waals surface area (Å²) in [5.74, 6) is 0. The molecule has 0 rings (SSSR count). The van der Waals surface area contributed by atoms with E-state index in [0.717, 1.165) is 18.1 Å². The van der Waals surface area contributed by atoms with Gasteiger partial charge in [-0.15, -0.1) is 0 Å². The molecule has 0 radical (unpaired) electrons. The van der Waals surface area contributed by atoms with E-state index in [-0.39, 0.29) is 0 Å². The molecule has 0 saturated carbocycles. The minimum absolute atomic E-state index is 0.800. The average molecular weight is 285 g/mol. The highest BCUT2D eigenvalue weighted by molar-refractivity contribution is 7.84. The summed E-state index contributed by atoms with van der Waals surface area (Å²) in [5, 5.41) is 0. The van der Waals surface area contributed by atoms with Crippen molar-refractivity contribution in [2.24, 2.45) is 0 Å². The van der Waals surface area contributed by atoms with E-state index in [4.69, 9.17) is 7.74 Å². The predicted molar refractivity (Wildman–Crippen MR) is 71.6 cm³/mol. The van der Waals surface area contributed by atoms with Gasteiger partial charge >= 0.3 is 10.4 Å². The van der Waals surface area contributed by atoms with Gasteiger partial charge in [0, 0.05) is 0 Å². The van der Waals surface area contributed by atoms with E-state index in [2.05, 4.69) is 0 Å². The van der Waals surface area contributed by atoms with Crippen LogP contribution in [0, 0.1) is 0 Å². The maximum Gasteiger partial charge on any atom is 0.380 e. The zero-order chi connectivity index (χ0) is 13.0. The molecule has 0 saturated heterocycles. The van der Waals surface area contributed by atoms with Gasteiger partial charge in [0.15, 0.2) is 0 Å². The fourth-order valence-electron chi connectivity index (χ4n) is 1.47. The van der Waals surface area contributed by atoms with Crippen molar-refractivity contribution in [1.29, 1.82) is 0 Å². The molecule has 0 heterocycles. The fourth-order valence-corrected chi connectivity index (χ4v) is 9.00. The zero-order valence-electron chi connectivity index (χ0n) is 11.2. The van der Waals surface area contributed by atoms with Crippen LogP contribution >= 0.6 is 0 Å². The van der Waals surface area contributed by atoms with Gasteiger partial charge < -0.3 is 0 Å². The van der Waals surface area contributed by atoms with Crippen LogP contribution in [0.4, 0.5) is 0 Å². The van der Waals surface area contributed by atoms with Crippen molar-refractivity contribution in [3.05, 3.63) is 0 Å². The van der Waals surface area contributed by atoms with Crippen molar-refractivity contribution >= 4 is 27.0 Å². The Morgan fingerprint density at radius 2 is 1.25 bits per heavy atom. The summed E-state index contributed by atoms with van der Waals surface area (Å²) < 4.78 is 34.0. The quantitative estimate of drug-likeness (QED) is 0.674. The Kier molecular flexibility index (Phi) is 5.88. The molecule has 98 valence electrons. The second kappa shape index (κ2) is 5.77. The highest BCUT2D eigenvalue weighted by atomic mass is 32.3. The van der Waals surface area contributed by atoms with Gasteiger partial charge in [-0.2, -0.15) is 8.42 Å². The van der Waals surface area contributed by atoms with Crippen LogP contribution in [0.2, 0.25) is 37.8 Å². The Morgan fingerprint density at radius 3 is 1.50 bits per heavy atom. The van der Waals surface area contributed by atoms with Crippen LogP contribution in [0.5, 0.6) is 0 Å². The van der Waals surface area contributed by atoms with Crippen LogP contribution in [0.15, 0.2) is 0 Å². The molecular formula is C9H24O4SSi2. The molecule has 0 N–H and O–H groups in total. The minimum atomic E-state index is -3.81. The second-order valence-electron chi connectivity index (χ2n) is 4.93. The molecule has 0 aliphatic carbocycles. The maximum atomic E-state index is 11.8. The normalized spacial score (nSPS) is 14.1. The van der Waals surface area contributed by atoms with Crippen LogP contribution in [0.1, 0.15) is 20.8 Å². The Bertz CT molecular complexity index is 296. The van der Waals surface area contributed by atoms with Gasteiger partial charge in [0.2, 0.25) is 16.6 Å². The summed E-state index contributed by atoms with van der Waals surface area (Å²) in [7, 11) is -8.07. The molecule has 0 spiro atoms. The van der Waals surface area contributed by atoms with Gasteiger partial charge in [0.05, 0.1) is 0 Å². The van der Waals surface area contributed by atoms with Crippen molar-refractivity contribution < 1.29 is 16.2 Å². The van der Waals surface area contributed by atoms with Crippen molar-refractivity contribution in [1.82, 2.24) is 0 Å². The van der Waals surface area contributed by atoms with E-state index in [1.165, 1.54) is 0 Å². The van der Waals surface area contributed by atoms with Gasteiger partial charge in [-0.05, 0) is 37.8 Å². The molecule has 0 atom stereocenters. The molecule has 16 heavy (non-hydrogen) atoms. The first-order valence-corrected chi connectivity index (χ1v) is 13.0. The SMILES string of the molecule is CC[Si](CC)(CC)OS(=O)(=O)O[Si](C)(C)C. The van der Waals surface area contributed by atoms with E-state index in [1.807, 2.05) is 40.4 Å². The summed E-state index contributed by atoms with van der Waals surface area (Å²) >= 11 is 0. The Hall–Kier alpha value is 0.304. The second-order valence-corrected chi connectivity index (χ2v) is 15.8. The first-order valence-electron chi connectivity index (χ1n) is 5.76. The van der Waals surface area contributed by atoms with Gasteiger partial charge in [0.1, 0.15) is 0 Å². The molecule has 0 bridgehead atoms. The molecule has 0 aromatic rings. The Morgan fingerprint density at radius 1 is 0.875 bits per heavy atom. The Balaban J connectivity index is 4.81. The third-order valence-corrected chi connectivity index (χ3v) is 11.5. The van der Waals surface area contributed by atoms with E-state index in [1.54, 1.807) is 0 Å². The lowest BCUT2D eigenvalue weighted by Crippen LogP contribution is -2.41. The Labute approximate surface area is 102 Å². The third-order valence-electron chi connectivity index (χ3n) is 2.56. The number of rotatable bonds is 7. The molecule has 4 nitrogen and oxygen atoms in total. The topological polar surface area (TPSA) is 52.6 Å². The number of hydrogen-bond acceptors (Lipinski definition) is 4. The summed E-state index contributed by atoms with van der Waals surface area (Å²) in [6.45, 7) is 11.5. The lowest BCUT2D eigenvalue weighted by Gasteiger charge is -2.28. The molecular weight excluding hydrogens is 260 g/mol. The summed E-state index contributed by atoms with van der Waals surface area (Å²) in [6, 6.07) is 2.40. The number of hydrogen-bond donors (Lipinski definition) is 0. The van der Waals surface area contributed by atoms with Crippen LogP contribution in [-0.4, -0.2) is 25.1 Å². The lowest BCUT2D eigenvalue weighted by molar-refractivity contribution is 0.384. The smallest absolute Gasteiger partial charge is 0.295 e. The van der Waals surface area contributed by atoms with Crippen LogP contribution < -0.4 is 0 Å². The standard InChI is InChI=1S/C9H24O4SSi2/c1-7-16(8-2,9-3)13-14(10,11)12-15(4,5)6/h7-9H2,1-6H3. The van der Waals surface area contributed by atoms with Gasteiger partial charge in [-0.3, -0.25) is 7.74 Å². The molecule has 0 amide bonds. The van der Waals surface area contributed by atoms with E-state index >= 15 is 0 Å². The summed E-state index contributed by atoms with van der Waals surface area (Å²) in [6.07, 6.45) is 0. The minimum Gasteiger partial charge on any atom is -0.295 e. The van der Waals surface area contributed by atoms with E-state index in [0.29, 0.717) is 0 Å². The highest BCUT2D eigenvalue weighted by Crippen LogP contribution is 2.25. The molecule has 0 aliphatic heterocycles. The third kappa shape index (κ3) is 5.58. The zero-order valence-corrected chi connectivity index (χ0v) is 14.0. The first kappa shape index (κ1) is 16.3. The van der Waals surface area contributed by atoms with E-state index in [9.17, 15) is 8.42 Å². The molecule has 0 aromatic heterocycles. The summed E-state index contributed by atoms with van der Waals surface area (Å²) in [5.41, 5.74) is 0. The van der Waals surface area contributed by atoms with Gasteiger partial charge in [0.25, 0.3) is 0 Å². The predicted octanol–water partition coefficient (Wildman–Crippen LogP) is 3.10. The van der Waals surface area contributed by atoms with Crippen molar-refractivity contribution in [3.8, 4) is 0 Å². The molecule has 0 aromatic carbocycles. The van der Waals surface area contributed by atoms with Crippen LogP contribution in [-0.2, 0) is 18.1 Å². The fraction of sp³-hybridized carbons (Fsp3) is 1.00. The van der Waals surface area contributed by atoms with Crippen LogP contribution in [0.3, 0.4) is 0 Å². The van der Waals surface area contributed by atoms with Gasteiger partial charge in [-0.25, -0.2) is 0 Å². The largest absolute Gasteiger partial charge is 0.380 e. The van der Waals surface area contributed by atoms with Crippen molar-refractivity contribution in [3.63, 3.8) is 0 Å². The average Bonchev–Trinajstić information content (AvgIpc) is 2.10. The highest BCUT2D eigenvalue weighted by Gasteiger charge is 2.37. The first-order chi connectivity index (χ1) is 7.10. The summed E-state index contributed by atoms with van der Waals surface area (Å²) in [4.78, 5) is 0. The lowest BCUT2D eigenvalue weighted by atomic mass is 10.9. The van der Waals surface area contributed by atoms with E-state index < -0.39 is 27.0 Å². The maximum absolute atomic E-state index is 11.8. The molecule has 7 heteroatoms. The molecule has 0 fully saturated rings. The van der Waals surface area contributed by atoms with Crippen molar-refractivity contribution in [2.75, 3.05) is 0 Å².